The summed E-state index contributed by atoms with van der Waals surface area (Å²) >= 11 is 0. The van der Waals surface area contributed by atoms with E-state index < -0.39 is 5.91 Å². The zero-order valence-corrected chi connectivity index (χ0v) is 10.3. The van der Waals surface area contributed by atoms with Crippen molar-refractivity contribution in [3.8, 4) is 0 Å². The van der Waals surface area contributed by atoms with Gasteiger partial charge in [0, 0.05) is 5.56 Å². The van der Waals surface area contributed by atoms with Crippen molar-refractivity contribution in [1.82, 2.24) is 5.48 Å². The van der Waals surface area contributed by atoms with Crippen molar-refractivity contribution in [2.75, 3.05) is 0 Å². The van der Waals surface area contributed by atoms with Crippen LogP contribution in [0.1, 0.15) is 15.9 Å². The number of carbonyl (C=O) groups excluding carboxylic acids is 1. The van der Waals surface area contributed by atoms with Crippen LogP contribution in [0.15, 0.2) is 24.3 Å². The maximum Gasteiger partial charge on any atom is 1.00 e. The molecule has 2 N–H and O–H groups in total. The molecular weight excluding hydrogens is 181 g/mol. The van der Waals surface area contributed by atoms with Crippen LogP contribution in [0.2, 0.25) is 0 Å². The number of aryl methyl sites for hydroxylation is 1. The fraction of sp³-hybridized carbons (Fsp3) is 0.125. The molecule has 0 unspecified atom stereocenters. The summed E-state index contributed by atoms with van der Waals surface area (Å²) in [4.78, 5) is 10.8. The van der Waals surface area contributed by atoms with Crippen LogP contribution >= 0.6 is 0 Å². The summed E-state index contributed by atoms with van der Waals surface area (Å²) in [6.07, 6.45) is 0. The van der Waals surface area contributed by atoms with Gasteiger partial charge < -0.3 is 0 Å². The van der Waals surface area contributed by atoms with Gasteiger partial charge in [-0.2, -0.15) is 0 Å². The van der Waals surface area contributed by atoms with E-state index in [-0.39, 0.29) is 51.4 Å². The second kappa shape index (κ2) is 5.85. The topological polar surface area (TPSA) is 49.3 Å². The van der Waals surface area contributed by atoms with E-state index in [9.17, 15) is 4.79 Å². The monoisotopic (exact) mass is 190 g/mol. The summed E-state index contributed by atoms with van der Waals surface area (Å²) in [6.45, 7) is 1.93. The van der Waals surface area contributed by atoms with E-state index in [1.807, 2.05) is 19.1 Å². The van der Waals surface area contributed by atoms with Crippen LogP contribution in [0.4, 0.5) is 0 Å². The molecule has 0 atom stereocenters. The average Bonchev–Trinajstić information content (AvgIpc) is 2.05. The standard InChI is InChI=1S/C8H9NO2.K/c1-6-2-4-7(5-3-6)8(10)9-11;/h2-5,11H,1H3,(H,9,10);/q;+1. The van der Waals surface area contributed by atoms with Crippen molar-refractivity contribution in [1.29, 1.82) is 0 Å². The Hall–Kier alpha value is 0.286. The molecule has 3 nitrogen and oxygen atoms in total. The van der Waals surface area contributed by atoms with E-state index in [4.69, 9.17) is 5.21 Å². The molecule has 1 amide bonds. The summed E-state index contributed by atoms with van der Waals surface area (Å²) in [5, 5.41) is 8.26. The minimum atomic E-state index is -0.481. The fourth-order valence-electron chi connectivity index (χ4n) is 0.769. The molecule has 1 rings (SSSR count). The van der Waals surface area contributed by atoms with Gasteiger partial charge >= 0.3 is 51.4 Å². The number of hydrogen-bond acceptors (Lipinski definition) is 2. The minimum absolute atomic E-state index is 0. The number of amides is 1. The van der Waals surface area contributed by atoms with Gasteiger partial charge in [0.05, 0.1) is 0 Å². The summed E-state index contributed by atoms with van der Waals surface area (Å²) in [5.74, 6) is -0.481. The van der Waals surface area contributed by atoms with Crippen LogP contribution in [0.5, 0.6) is 0 Å². The van der Waals surface area contributed by atoms with E-state index >= 15 is 0 Å². The molecule has 0 bridgehead atoms. The molecule has 1 aromatic carbocycles. The molecule has 0 saturated heterocycles. The van der Waals surface area contributed by atoms with Crippen LogP contribution in [0.3, 0.4) is 0 Å². The molecule has 0 spiro atoms. The third-order valence-electron chi connectivity index (χ3n) is 1.42. The van der Waals surface area contributed by atoms with Crippen LogP contribution < -0.4 is 56.9 Å². The van der Waals surface area contributed by atoms with E-state index in [0.717, 1.165) is 5.56 Å². The van der Waals surface area contributed by atoms with Crippen LogP contribution in [0, 0.1) is 6.92 Å². The Kier molecular flexibility index (Phi) is 5.99. The van der Waals surface area contributed by atoms with Gasteiger partial charge in [0.25, 0.3) is 5.91 Å². The maximum atomic E-state index is 10.8. The summed E-state index contributed by atoms with van der Waals surface area (Å²) in [7, 11) is 0. The number of hydroxylamine groups is 1. The summed E-state index contributed by atoms with van der Waals surface area (Å²) in [5.41, 5.74) is 3.10. The average molecular weight is 190 g/mol. The van der Waals surface area contributed by atoms with Crippen molar-refractivity contribution in [3.63, 3.8) is 0 Å². The molecule has 0 aliphatic carbocycles. The molecule has 0 aromatic heterocycles. The first-order valence-corrected chi connectivity index (χ1v) is 3.25. The summed E-state index contributed by atoms with van der Waals surface area (Å²) < 4.78 is 0. The second-order valence-corrected chi connectivity index (χ2v) is 2.31. The molecule has 0 fully saturated rings. The van der Waals surface area contributed by atoms with Gasteiger partial charge in [-0.25, -0.2) is 5.48 Å². The smallest absolute Gasteiger partial charge is 0.288 e. The summed E-state index contributed by atoms with van der Waals surface area (Å²) in [6, 6.07) is 6.93. The van der Waals surface area contributed by atoms with Crippen LogP contribution in [-0.2, 0) is 0 Å². The Morgan fingerprint density at radius 3 is 2.25 bits per heavy atom. The predicted octanol–water partition coefficient (Wildman–Crippen LogP) is -1.88. The Morgan fingerprint density at radius 1 is 1.33 bits per heavy atom. The largest absolute Gasteiger partial charge is 1.00 e. The Bertz CT molecular complexity index is 258. The quantitative estimate of drug-likeness (QED) is 0.309. The molecule has 1 aromatic rings. The first-order chi connectivity index (χ1) is 5.24. The van der Waals surface area contributed by atoms with Gasteiger partial charge in [-0.15, -0.1) is 0 Å². The van der Waals surface area contributed by atoms with Crippen molar-refractivity contribution < 1.29 is 61.4 Å². The molecule has 0 aliphatic heterocycles. The van der Waals surface area contributed by atoms with Crippen molar-refractivity contribution in [2.24, 2.45) is 0 Å². The normalized spacial score (nSPS) is 8.50. The van der Waals surface area contributed by atoms with Crippen LogP contribution in [-0.4, -0.2) is 11.1 Å². The number of carbonyl (C=O) groups is 1. The van der Waals surface area contributed by atoms with Crippen molar-refractivity contribution in [3.05, 3.63) is 35.4 Å². The maximum absolute atomic E-state index is 10.8. The fourth-order valence-corrected chi connectivity index (χ4v) is 0.769. The molecule has 58 valence electrons. The van der Waals surface area contributed by atoms with Crippen molar-refractivity contribution in [2.45, 2.75) is 6.92 Å². The second-order valence-electron chi connectivity index (χ2n) is 2.31. The SMILES string of the molecule is Cc1ccc(C(=O)NO)cc1.[K+]. The van der Waals surface area contributed by atoms with Gasteiger partial charge in [-0.1, -0.05) is 17.7 Å². The first-order valence-electron chi connectivity index (χ1n) is 3.25. The Labute approximate surface area is 114 Å². The molecule has 12 heavy (non-hydrogen) atoms. The number of hydrogen-bond donors (Lipinski definition) is 2. The van der Waals surface area contributed by atoms with E-state index in [1.54, 1.807) is 17.6 Å². The zero-order valence-electron chi connectivity index (χ0n) is 7.16. The third kappa shape index (κ3) is 3.34. The molecular formula is C8H9KNO2+. The van der Waals surface area contributed by atoms with Gasteiger partial charge in [-0.05, 0) is 19.1 Å². The number of rotatable bonds is 1. The predicted molar refractivity (Wildman–Crippen MR) is 40.4 cm³/mol. The van der Waals surface area contributed by atoms with Gasteiger partial charge in [-0.3, -0.25) is 10.0 Å². The zero-order chi connectivity index (χ0) is 8.27. The minimum Gasteiger partial charge on any atom is -0.288 e. The Balaban J connectivity index is 0.00000121. The van der Waals surface area contributed by atoms with E-state index in [1.165, 1.54) is 0 Å². The molecule has 0 saturated carbocycles. The molecule has 0 aliphatic rings. The van der Waals surface area contributed by atoms with Gasteiger partial charge in [0.15, 0.2) is 0 Å². The molecule has 0 radical (unpaired) electrons. The van der Waals surface area contributed by atoms with Crippen LogP contribution in [0.25, 0.3) is 0 Å². The molecule has 0 heterocycles. The van der Waals surface area contributed by atoms with E-state index in [0.29, 0.717) is 5.56 Å². The number of nitrogens with one attached hydrogen (secondary N) is 1. The number of benzene rings is 1. The first kappa shape index (κ1) is 12.3. The van der Waals surface area contributed by atoms with Gasteiger partial charge in [0.2, 0.25) is 0 Å². The van der Waals surface area contributed by atoms with Crippen molar-refractivity contribution >= 4 is 5.91 Å². The third-order valence-corrected chi connectivity index (χ3v) is 1.42. The Morgan fingerprint density at radius 2 is 1.83 bits per heavy atom. The van der Waals surface area contributed by atoms with Gasteiger partial charge in [0.1, 0.15) is 0 Å². The molecule has 4 heteroatoms. The van der Waals surface area contributed by atoms with E-state index in [2.05, 4.69) is 0 Å².